The van der Waals surface area contributed by atoms with Crippen LogP contribution in [0.15, 0.2) is 0 Å². The predicted molar refractivity (Wildman–Crippen MR) is 71.4 cm³/mol. The molecular formula is C13H22N2O5. The van der Waals surface area contributed by atoms with E-state index in [4.69, 9.17) is 10.2 Å². The first-order valence-electron chi connectivity index (χ1n) is 6.83. The van der Waals surface area contributed by atoms with E-state index in [0.29, 0.717) is 12.5 Å². The van der Waals surface area contributed by atoms with E-state index in [1.807, 2.05) is 6.92 Å². The first kappa shape index (κ1) is 16.3. The third-order valence-corrected chi connectivity index (χ3v) is 3.64. The summed E-state index contributed by atoms with van der Waals surface area (Å²) in [7, 11) is 0. The SMILES string of the molecule is CC1CCN(C(=O)NC(CCC(=O)O)C(=O)O)C(C)C1. The Morgan fingerprint density at radius 1 is 1.30 bits per heavy atom. The highest BCUT2D eigenvalue weighted by Crippen LogP contribution is 2.22. The van der Waals surface area contributed by atoms with Crippen LogP contribution in [0.25, 0.3) is 0 Å². The minimum atomic E-state index is -1.21. The minimum Gasteiger partial charge on any atom is -0.481 e. The van der Waals surface area contributed by atoms with E-state index < -0.39 is 24.0 Å². The maximum atomic E-state index is 12.1. The van der Waals surface area contributed by atoms with Crippen molar-refractivity contribution in [3.8, 4) is 0 Å². The van der Waals surface area contributed by atoms with Gasteiger partial charge in [-0.2, -0.15) is 0 Å². The molecule has 114 valence electrons. The summed E-state index contributed by atoms with van der Waals surface area (Å²) in [4.78, 5) is 35.2. The molecule has 1 aliphatic rings. The third-order valence-electron chi connectivity index (χ3n) is 3.64. The number of amides is 2. The molecule has 1 heterocycles. The molecule has 0 saturated carbocycles. The Balaban J connectivity index is 2.57. The third kappa shape index (κ3) is 4.71. The summed E-state index contributed by atoms with van der Waals surface area (Å²) in [5.74, 6) is -1.74. The van der Waals surface area contributed by atoms with Gasteiger partial charge < -0.3 is 20.4 Å². The number of likely N-dealkylation sites (tertiary alicyclic amines) is 1. The van der Waals surface area contributed by atoms with Crippen molar-refractivity contribution >= 4 is 18.0 Å². The standard InChI is InChI=1S/C13H22N2O5/c1-8-5-6-15(9(2)7-8)13(20)14-10(12(18)19)3-4-11(16)17/h8-10H,3-7H2,1-2H3,(H,14,20)(H,16,17)(H,18,19). The summed E-state index contributed by atoms with van der Waals surface area (Å²) >= 11 is 0. The first-order chi connectivity index (χ1) is 9.31. The van der Waals surface area contributed by atoms with Crippen molar-refractivity contribution in [2.24, 2.45) is 5.92 Å². The summed E-state index contributed by atoms with van der Waals surface area (Å²) in [6.07, 6.45) is 1.38. The van der Waals surface area contributed by atoms with Crippen LogP contribution in [0.2, 0.25) is 0 Å². The lowest BCUT2D eigenvalue weighted by Gasteiger charge is -2.37. The molecule has 0 bridgehead atoms. The van der Waals surface area contributed by atoms with Crippen LogP contribution in [0.1, 0.15) is 39.5 Å². The van der Waals surface area contributed by atoms with Gasteiger partial charge in [0, 0.05) is 19.0 Å². The monoisotopic (exact) mass is 286 g/mol. The lowest BCUT2D eigenvalue weighted by molar-refractivity contribution is -0.140. The molecule has 20 heavy (non-hydrogen) atoms. The molecule has 1 rings (SSSR count). The molecule has 0 spiro atoms. The molecular weight excluding hydrogens is 264 g/mol. The Labute approximate surface area is 117 Å². The maximum Gasteiger partial charge on any atom is 0.326 e. The molecule has 0 aromatic carbocycles. The van der Waals surface area contributed by atoms with Gasteiger partial charge in [-0.05, 0) is 32.1 Å². The second-order valence-electron chi connectivity index (χ2n) is 5.44. The zero-order valence-corrected chi connectivity index (χ0v) is 11.8. The van der Waals surface area contributed by atoms with Crippen molar-refractivity contribution in [3.05, 3.63) is 0 Å². The topological polar surface area (TPSA) is 107 Å². The normalized spacial score (nSPS) is 24.0. The Hall–Kier alpha value is -1.79. The molecule has 0 aromatic rings. The highest BCUT2D eigenvalue weighted by atomic mass is 16.4. The van der Waals surface area contributed by atoms with Crippen LogP contribution in [0.4, 0.5) is 4.79 Å². The van der Waals surface area contributed by atoms with Crippen molar-refractivity contribution in [2.45, 2.75) is 51.6 Å². The Morgan fingerprint density at radius 2 is 1.95 bits per heavy atom. The number of rotatable bonds is 5. The summed E-state index contributed by atoms with van der Waals surface area (Å²) in [6.45, 7) is 4.65. The summed E-state index contributed by atoms with van der Waals surface area (Å²) in [5.41, 5.74) is 0. The Kier molecular flexibility index (Phi) is 5.79. The number of hydrogen-bond acceptors (Lipinski definition) is 3. The number of nitrogens with zero attached hydrogens (tertiary/aromatic N) is 1. The smallest absolute Gasteiger partial charge is 0.326 e. The molecule has 3 unspecified atom stereocenters. The van der Waals surface area contributed by atoms with Gasteiger partial charge in [0.05, 0.1) is 0 Å². The van der Waals surface area contributed by atoms with E-state index in [1.54, 1.807) is 4.90 Å². The van der Waals surface area contributed by atoms with Gasteiger partial charge in [0.1, 0.15) is 6.04 Å². The fraction of sp³-hybridized carbons (Fsp3) is 0.769. The number of nitrogens with one attached hydrogen (secondary N) is 1. The lowest BCUT2D eigenvalue weighted by atomic mass is 9.94. The largest absolute Gasteiger partial charge is 0.481 e. The lowest BCUT2D eigenvalue weighted by Crippen LogP contribution is -2.53. The van der Waals surface area contributed by atoms with Crippen LogP contribution >= 0.6 is 0 Å². The minimum absolute atomic E-state index is 0.0627. The average Bonchev–Trinajstić information content (AvgIpc) is 2.33. The number of hydrogen-bond donors (Lipinski definition) is 3. The van der Waals surface area contributed by atoms with Crippen molar-refractivity contribution in [1.29, 1.82) is 0 Å². The van der Waals surface area contributed by atoms with E-state index in [2.05, 4.69) is 12.2 Å². The summed E-state index contributed by atoms with van der Waals surface area (Å²) in [5, 5.41) is 20.0. The molecule has 1 fully saturated rings. The highest BCUT2D eigenvalue weighted by Gasteiger charge is 2.29. The fourth-order valence-corrected chi connectivity index (χ4v) is 2.47. The molecule has 0 aliphatic carbocycles. The van der Waals surface area contributed by atoms with E-state index >= 15 is 0 Å². The number of carbonyl (C=O) groups excluding carboxylic acids is 1. The van der Waals surface area contributed by atoms with Crippen LogP contribution < -0.4 is 5.32 Å². The zero-order chi connectivity index (χ0) is 15.3. The van der Waals surface area contributed by atoms with Crippen LogP contribution in [0.3, 0.4) is 0 Å². The molecule has 1 saturated heterocycles. The van der Waals surface area contributed by atoms with Crippen molar-refractivity contribution in [1.82, 2.24) is 10.2 Å². The predicted octanol–water partition coefficient (Wildman–Crippen LogP) is 1.13. The number of piperidine rings is 1. The number of aliphatic carboxylic acids is 2. The molecule has 1 aliphatic heterocycles. The van der Waals surface area contributed by atoms with Crippen LogP contribution in [-0.2, 0) is 9.59 Å². The average molecular weight is 286 g/mol. The van der Waals surface area contributed by atoms with Crippen LogP contribution in [0, 0.1) is 5.92 Å². The second kappa shape index (κ2) is 7.12. The molecule has 0 aromatic heterocycles. The van der Waals surface area contributed by atoms with Crippen molar-refractivity contribution in [2.75, 3.05) is 6.54 Å². The fourth-order valence-electron chi connectivity index (χ4n) is 2.47. The van der Waals surface area contributed by atoms with Gasteiger partial charge in [0.15, 0.2) is 0 Å². The number of carbonyl (C=O) groups is 3. The summed E-state index contributed by atoms with van der Waals surface area (Å²) in [6, 6.07) is -1.53. The van der Waals surface area contributed by atoms with Crippen LogP contribution in [0.5, 0.6) is 0 Å². The van der Waals surface area contributed by atoms with Gasteiger partial charge in [-0.1, -0.05) is 6.92 Å². The molecule has 7 nitrogen and oxygen atoms in total. The molecule has 0 radical (unpaired) electrons. The highest BCUT2D eigenvalue weighted by molar-refractivity contribution is 5.83. The molecule has 7 heteroatoms. The Bertz CT molecular complexity index is 385. The maximum absolute atomic E-state index is 12.1. The van der Waals surface area contributed by atoms with Gasteiger partial charge in [0.25, 0.3) is 0 Å². The van der Waals surface area contributed by atoms with Gasteiger partial charge >= 0.3 is 18.0 Å². The van der Waals surface area contributed by atoms with Gasteiger partial charge in [-0.3, -0.25) is 4.79 Å². The van der Waals surface area contributed by atoms with E-state index in [9.17, 15) is 14.4 Å². The van der Waals surface area contributed by atoms with Crippen molar-refractivity contribution < 1.29 is 24.6 Å². The van der Waals surface area contributed by atoms with E-state index in [1.165, 1.54) is 0 Å². The first-order valence-corrected chi connectivity index (χ1v) is 6.83. The van der Waals surface area contributed by atoms with Gasteiger partial charge in [-0.25, -0.2) is 9.59 Å². The van der Waals surface area contributed by atoms with Crippen molar-refractivity contribution in [3.63, 3.8) is 0 Å². The zero-order valence-electron chi connectivity index (χ0n) is 11.8. The summed E-state index contributed by atoms with van der Waals surface area (Å²) < 4.78 is 0. The number of urea groups is 1. The molecule has 3 N–H and O–H groups in total. The van der Waals surface area contributed by atoms with E-state index in [0.717, 1.165) is 12.8 Å². The quantitative estimate of drug-likeness (QED) is 0.702. The number of carboxylic acid groups (broad SMARTS) is 2. The molecule has 3 atom stereocenters. The van der Waals surface area contributed by atoms with Crippen LogP contribution in [-0.4, -0.2) is 51.7 Å². The number of carboxylic acids is 2. The van der Waals surface area contributed by atoms with Gasteiger partial charge in [-0.15, -0.1) is 0 Å². The van der Waals surface area contributed by atoms with E-state index in [-0.39, 0.29) is 18.9 Å². The molecule has 2 amide bonds. The van der Waals surface area contributed by atoms with Gasteiger partial charge in [0.2, 0.25) is 0 Å². The second-order valence-corrected chi connectivity index (χ2v) is 5.44. The Morgan fingerprint density at radius 3 is 2.45 bits per heavy atom.